The van der Waals surface area contributed by atoms with Gasteiger partial charge in [-0.2, -0.15) is 0 Å². The predicted octanol–water partition coefficient (Wildman–Crippen LogP) is 3.26. The van der Waals surface area contributed by atoms with Gasteiger partial charge in [-0.25, -0.2) is 4.39 Å². The van der Waals surface area contributed by atoms with Crippen molar-refractivity contribution in [1.82, 2.24) is 4.90 Å². The molecule has 104 valence electrons. The molecule has 0 saturated carbocycles. The first-order valence-electron chi connectivity index (χ1n) is 7.08. The average molecular weight is 262 g/mol. The molecule has 0 bridgehead atoms. The summed E-state index contributed by atoms with van der Waals surface area (Å²) in [6.45, 7) is 8.42. The molecule has 2 rings (SSSR count). The van der Waals surface area contributed by atoms with E-state index in [2.05, 4.69) is 18.4 Å². The van der Waals surface area contributed by atoms with Crippen molar-refractivity contribution in [2.24, 2.45) is 5.73 Å². The fraction of sp³-hybridized carbons (Fsp3) is 0.500. The van der Waals surface area contributed by atoms with Crippen LogP contribution in [0.3, 0.4) is 0 Å². The molecular weight excluding hydrogens is 239 g/mol. The maximum Gasteiger partial charge on any atom is 0.123 e. The fourth-order valence-corrected chi connectivity index (χ4v) is 2.85. The zero-order valence-electron chi connectivity index (χ0n) is 11.6. The molecule has 2 atom stereocenters. The van der Waals surface area contributed by atoms with Gasteiger partial charge < -0.3 is 10.6 Å². The largest absolute Gasteiger partial charge is 0.374 e. The molecule has 2 nitrogen and oxygen atoms in total. The molecule has 0 amide bonds. The molecule has 19 heavy (non-hydrogen) atoms. The van der Waals surface area contributed by atoms with Crippen LogP contribution < -0.4 is 5.73 Å². The zero-order valence-corrected chi connectivity index (χ0v) is 11.6. The zero-order chi connectivity index (χ0) is 13.8. The molecular formula is C16H23FN2. The molecule has 1 fully saturated rings. The quantitative estimate of drug-likeness (QED) is 0.882. The van der Waals surface area contributed by atoms with E-state index in [1.54, 1.807) is 0 Å². The van der Waals surface area contributed by atoms with E-state index in [1.165, 1.54) is 25.0 Å². The predicted molar refractivity (Wildman–Crippen MR) is 77.4 cm³/mol. The topological polar surface area (TPSA) is 29.3 Å². The van der Waals surface area contributed by atoms with Gasteiger partial charge in [0.05, 0.1) is 6.04 Å². The first kappa shape index (κ1) is 14.1. The summed E-state index contributed by atoms with van der Waals surface area (Å²) in [5.41, 5.74) is 8.50. The summed E-state index contributed by atoms with van der Waals surface area (Å²) >= 11 is 0. The molecule has 2 unspecified atom stereocenters. The number of halogens is 1. The lowest BCUT2D eigenvalue weighted by Crippen LogP contribution is -2.37. The molecule has 1 aliphatic heterocycles. The van der Waals surface area contributed by atoms with Crippen molar-refractivity contribution >= 4 is 0 Å². The van der Waals surface area contributed by atoms with Gasteiger partial charge in [0.2, 0.25) is 0 Å². The average Bonchev–Trinajstić information content (AvgIpc) is 2.94. The third-order valence-corrected chi connectivity index (χ3v) is 4.07. The Morgan fingerprint density at radius 1 is 1.32 bits per heavy atom. The molecule has 1 aliphatic rings. The standard InChI is InChI=1S/C16H23FN2/c1-3-15(13-6-8-14(17)9-7-13)16(18)12(2)19-10-4-5-11-19/h6-9,15-16H,2-5,10-11,18H2,1H3. The Morgan fingerprint density at radius 2 is 1.89 bits per heavy atom. The maximum atomic E-state index is 13.0. The van der Waals surface area contributed by atoms with E-state index < -0.39 is 0 Å². The van der Waals surface area contributed by atoms with Gasteiger partial charge in [0.1, 0.15) is 5.82 Å². The number of benzene rings is 1. The van der Waals surface area contributed by atoms with Crippen LogP contribution in [0.2, 0.25) is 0 Å². The van der Waals surface area contributed by atoms with Crippen LogP contribution in [0, 0.1) is 5.82 Å². The van der Waals surface area contributed by atoms with Gasteiger partial charge in [0.25, 0.3) is 0 Å². The van der Waals surface area contributed by atoms with Crippen molar-refractivity contribution < 1.29 is 4.39 Å². The molecule has 0 aliphatic carbocycles. The van der Waals surface area contributed by atoms with E-state index in [0.29, 0.717) is 0 Å². The minimum Gasteiger partial charge on any atom is -0.374 e. The Kier molecular flexibility index (Phi) is 4.59. The van der Waals surface area contributed by atoms with Crippen LogP contribution in [0.1, 0.15) is 37.7 Å². The molecule has 1 heterocycles. The lowest BCUT2D eigenvalue weighted by Gasteiger charge is -2.31. The van der Waals surface area contributed by atoms with Gasteiger partial charge in [-0.05, 0) is 37.0 Å². The van der Waals surface area contributed by atoms with E-state index in [0.717, 1.165) is 30.8 Å². The lowest BCUT2D eigenvalue weighted by atomic mass is 9.88. The number of rotatable bonds is 5. The molecule has 1 aromatic rings. The summed E-state index contributed by atoms with van der Waals surface area (Å²) in [4.78, 5) is 2.29. The smallest absolute Gasteiger partial charge is 0.123 e. The lowest BCUT2D eigenvalue weighted by molar-refractivity contribution is 0.371. The number of hydrogen-bond donors (Lipinski definition) is 1. The first-order chi connectivity index (χ1) is 9.13. The van der Waals surface area contributed by atoms with Gasteiger partial charge in [-0.1, -0.05) is 25.6 Å². The maximum absolute atomic E-state index is 13.0. The Labute approximate surface area is 115 Å². The van der Waals surface area contributed by atoms with Crippen LogP contribution in [-0.2, 0) is 0 Å². The highest BCUT2D eigenvalue weighted by Crippen LogP contribution is 2.28. The molecule has 3 heteroatoms. The van der Waals surface area contributed by atoms with E-state index >= 15 is 0 Å². The van der Waals surface area contributed by atoms with Crippen molar-refractivity contribution in [3.8, 4) is 0 Å². The highest BCUT2D eigenvalue weighted by atomic mass is 19.1. The summed E-state index contributed by atoms with van der Waals surface area (Å²) in [7, 11) is 0. The third kappa shape index (κ3) is 3.16. The number of nitrogens with zero attached hydrogens (tertiary/aromatic N) is 1. The van der Waals surface area contributed by atoms with Crippen LogP contribution >= 0.6 is 0 Å². The van der Waals surface area contributed by atoms with Crippen LogP contribution in [0.4, 0.5) is 4.39 Å². The van der Waals surface area contributed by atoms with Crippen LogP contribution in [0.15, 0.2) is 36.5 Å². The SMILES string of the molecule is C=C(C(N)C(CC)c1ccc(F)cc1)N1CCCC1. The van der Waals surface area contributed by atoms with Crippen molar-refractivity contribution in [2.45, 2.75) is 38.1 Å². The molecule has 0 radical (unpaired) electrons. The van der Waals surface area contributed by atoms with E-state index in [9.17, 15) is 4.39 Å². The number of nitrogens with two attached hydrogens (primary N) is 1. The van der Waals surface area contributed by atoms with Crippen molar-refractivity contribution in [3.05, 3.63) is 47.9 Å². The minimum absolute atomic E-state index is 0.0893. The van der Waals surface area contributed by atoms with Crippen molar-refractivity contribution in [1.29, 1.82) is 0 Å². The van der Waals surface area contributed by atoms with Gasteiger partial charge in [-0.3, -0.25) is 0 Å². The second-order valence-corrected chi connectivity index (χ2v) is 5.28. The van der Waals surface area contributed by atoms with Crippen LogP contribution in [0.25, 0.3) is 0 Å². The summed E-state index contributed by atoms with van der Waals surface area (Å²) < 4.78 is 13.0. The van der Waals surface area contributed by atoms with Crippen molar-refractivity contribution in [3.63, 3.8) is 0 Å². The van der Waals surface area contributed by atoms with Gasteiger partial charge in [-0.15, -0.1) is 0 Å². The van der Waals surface area contributed by atoms with Crippen LogP contribution in [0.5, 0.6) is 0 Å². The number of likely N-dealkylation sites (tertiary alicyclic amines) is 1. The molecule has 0 spiro atoms. The number of hydrogen-bond acceptors (Lipinski definition) is 2. The molecule has 0 aromatic heterocycles. The second kappa shape index (κ2) is 6.20. The Balaban J connectivity index is 2.11. The summed E-state index contributed by atoms with van der Waals surface area (Å²) in [5.74, 6) is -0.000700. The van der Waals surface area contributed by atoms with Gasteiger partial charge in [0, 0.05) is 24.7 Å². The summed E-state index contributed by atoms with van der Waals surface area (Å²) in [6.07, 6.45) is 3.37. The molecule has 1 aromatic carbocycles. The Morgan fingerprint density at radius 3 is 2.42 bits per heavy atom. The summed E-state index contributed by atoms with van der Waals surface area (Å²) in [5, 5.41) is 0. The Hall–Kier alpha value is -1.35. The van der Waals surface area contributed by atoms with Gasteiger partial charge >= 0.3 is 0 Å². The van der Waals surface area contributed by atoms with E-state index in [1.807, 2.05) is 12.1 Å². The van der Waals surface area contributed by atoms with Crippen molar-refractivity contribution in [2.75, 3.05) is 13.1 Å². The third-order valence-electron chi connectivity index (χ3n) is 4.07. The van der Waals surface area contributed by atoms with E-state index in [-0.39, 0.29) is 17.8 Å². The second-order valence-electron chi connectivity index (χ2n) is 5.28. The molecule has 2 N–H and O–H groups in total. The fourth-order valence-electron chi connectivity index (χ4n) is 2.85. The highest BCUT2D eigenvalue weighted by Gasteiger charge is 2.25. The van der Waals surface area contributed by atoms with E-state index in [4.69, 9.17) is 5.73 Å². The minimum atomic E-state index is -0.203. The monoisotopic (exact) mass is 262 g/mol. The van der Waals surface area contributed by atoms with Gasteiger partial charge in [0.15, 0.2) is 0 Å². The normalized spacial score (nSPS) is 18.4. The first-order valence-corrected chi connectivity index (χ1v) is 7.08. The van der Waals surface area contributed by atoms with Crippen LogP contribution in [-0.4, -0.2) is 24.0 Å². The summed E-state index contributed by atoms with van der Waals surface area (Å²) in [6, 6.07) is 6.59. The highest BCUT2D eigenvalue weighted by molar-refractivity contribution is 5.25. The Bertz CT molecular complexity index is 421. The molecule has 1 saturated heterocycles.